The van der Waals surface area contributed by atoms with Crippen LogP contribution in [0, 0.1) is 5.41 Å². The summed E-state index contributed by atoms with van der Waals surface area (Å²) in [7, 11) is 1.14. The summed E-state index contributed by atoms with van der Waals surface area (Å²) in [5.74, 6) is -1.06. The SMILES string of the molecule is COC(=O)C(CCCCCCCc1ccc2c(n1)NCCC2)NC(=O)C1(C(F)(F)F)CCN(C(=O)OC(C)(C)C)CC1. The summed E-state index contributed by atoms with van der Waals surface area (Å²) in [6.07, 6.45) is 0.484. The molecule has 2 N–H and O–H groups in total. The number of unbranched alkanes of at least 4 members (excludes halogenated alkanes) is 4. The highest BCUT2D eigenvalue weighted by Gasteiger charge is 2.61. The van der Waals surface area contributed by atoms with Crippen LogP contribution in [0.3, 0.4) is 0 Å². The average Bonchev–Trinajstić information content (AvgIpc) is 2.93. The molecule has 3 heterocycles. The molecule has 0 saturated carbocycles. The number of aromatic nitrogens is 1. The van der Waals surface area contributed by atoms with E-state index >= 15 is 0 Å². The zero-order valence-electron chi connectivity index (χ0n) is 25.2. The smallest absolute Gasteiger partial charge is 0.410 e. The summed E-state index contributed by atoms with van der Waals surface area (Å²) in [5.41, 5.74) is -1.20. The number of nitrogens with zero attached hydrogens (tertiary/aromatic N) is 2. The molecule has 1 fully saturated rings. The lowest BCUT2D eigenvalue weighted by molar-refractivity contribution is -0.232. The van der Waals surface area contributed by atoms with Gasteiger partial charge in [-0.15, -0.1) is 0 Å². The van der Waals surface area contributed by atoms with Gasteiger partial charge in [-0.25, -0.2) is 14.6 Å². The zero-order valence-corrected chi connectivity index (χ0v) is 25.2. The average molecular weight is 599 g/mol. The molecule has 2 aliphatic heterocycles. The van der Waals surface area contributed by atoms with E-state index in [1.165, 1.54) is 10.5 Å². The van der Waals surface area contributed by atoms with E-state index in [4.69, 9.17) is 14.5 Å². The van der Waals surface area contributed by atoms with Gasteiger partial charge in [0.1, 0.15) is 22.9 Å². The summed E-state index contributed by atoms with van der Waals surface area (Å²) in [5, 5.41) is 5.68. The molecule has 0 aliphatic carbocycles. The molecule has 0 spiro atoms. The van der Waals surface area contributed by atoms with Crippen molar-refractivity contribution in [1.29, 1.82) is 0 Å². The van der Waals surface area contributed by atoms with Crippen LogP contribution < -0.4 is 10.6 Å². The quantitative estimate of drug-likeness (QED) is 0.254. The minimum atomic E-state index is -4.86. The first-order valence-electron chi connectivity index (χ1n) is 14.9. The van der Waals surface area contributed by atoms with Gasteiger partial charge in [0.25, 0.3) is 0 Å². The molecule has 1 aromatic heterocycles. The van der Waals surface area contributed by atoms with E-state index in [0.717, 1.165) is 70.1 Å². The van der Waals surface area contributed by atoms with Crippen molar-refractivity contribution in [2.24, 2.45) is 5.41 Å². The number of likely N-dealkylation sites (tertiary alicyclic amines) is 1. The zero-order chi connectivity index (χ0) is 31.0. The number of anilines is 1. The van der Waals surface area contributed by atoms with Gasteiger partial charge in [0.05, 0.1) is 7.11 Å². The summed E-state index contributed by atoms with van der Waals surface area (Å²) in [6.45, 7) is 5.37. The number of carbonyl (C=O) groups excluding carboxylic acids is 3. The molecule has 2 amide bonds. The Kier molecular flexibility index (Phi) is 11.5. The molecule has 1 atom stereocenters. The first-order chi connectivity index (χ1) is 19.8. The normalized spacial score (nSPS) is 17.5. The van der Waals surface area contributed by atoms with Crippen LogP contribution in [0.25, 0.3) is 0 Å². The van der Waals surface area contributed by atoms with Gasteiger partial charge in [0.15, 0.2) is 0 Å². The summed E-state index contributed by atoms with van der Waals surface area (Å²) in [6, 6.07) is 3.03. The number of rotatable bonds is 11. The third-order valence-corrected chi connectivity index (χ3v) is 7.91. The van der Waals surface area contributed by atoms with Crippen molar-refractivity contribution >= 4 is 23.8 Å². The number of hydrogen-bond acceptors (Lipinski definition) is 7. The van der Waals surface area contributed by atoms with Crippen molar-refractivity contribution < 1.29 is 37.0 Å². The van der Waals surface area contributed by atoms with E-state index in [1.54, 1.807) is 20.8 Å². The molecule has 0 radical (unpaired) electrons. The molecule has 1 unspecified atom stereocenters. The highest BCUT2D eigenvalue weighted by molar-refractivity contribution is 5.89. The summed E-state index contributed by atoms with van der Waals surface area (Å²) >= 11 is 0. The van der Waals surface area contributed by atoms with Gasteiger partial charge in [-0.3, -0.25) is 4.79 Å². The van der Waals surface area contributed by atoms with Crippen molar-refractivity contribution in [3.63, 3.8) is 0 Å². The van der Waals surface area contributed by atoms with E-state index in [9.17, 15) is 27.6 Å². The first-order valence-corrected chi connectivity index (χ1v) is 14.9. The van der Waals surface area contributed by atoms with Gasteiger partial charge >= 0.3 is 18.2 Å². The number of hydrogen-bond donors (Lipinski definition) is 2. The fourth-order valence-corrected chi connectivity index (χ4v) is 5.42. The second-order valence-corrected chi connectivity index (χ2v) is 12.2. The number of amides is 2. The van der Waals surface area contributed by atoms with Crippen LogP contribution in [0.5, 0.6) is 0 Å². The molecule has 3 rings (SSSR count). The number of methoxy groups -OCH3 is 1. The Morgan fingerprint density at radius 2 is 1.74 bits per heavy atom. The van der Waals surface area contributed by atoms with E-state index in [1.807, 2.05) is 0 Å². The third kappa shape index (κ3) is 8.97. The maximum Gasteiger partial charge on any atom is 0.410 e. The van der Waals surface area contributed by atoms with E-state index in [-0.39, 0.29) is 19.5 Å². The van der Waals surface area contributed by atoms with Gasteiger partial charge < -0.3 is 25.0 Å². The van der Waals surface area contributed by atoms with Crippen LogP contribution in [0.15, 0.2) is 12.1 Å². The molecule has 1 aromatic rings. The third-order valence-electron chi connectivity index (χ3n) is 7.91. The van der Waals surface area contributed by atoms with E-state index in [2.05, 4.69) is 22.8 Å². The van der Waals surface area contributed by atoms with Gasteiger partial charge in [-0.2, -0.15) is 13.2 Å². The molecular weight excluding hydrogens is 553 g/mol. The number of halogens is 3. The first kappa shape index (κ1) is 33.5. The van der Waals surface area contributed by atoms with Crippen LogP contribution in [0.1, 0.15) is 89.8 Å². The Morgan fingerprint density at radius 1 is 1.07 bits per heavy atom. The van der Waals surface area contributed by atoms with Crippen LogP contribution in [0.2, 0.25) is 0 Å². The maximum atomic E-state index is 14.3. The summed E-state index contributed by atoms with van der Waals surface area (Å²) < 4.78 is 52.9. The molecule has 0 aromatic carbocycles. The number of pyridine rings is 1. The summed E-state index contributed by atoms with van der Waals surface area (Å²) in [4.78, 5) is 43.7. The van der Waals surface area contributed by atoms with Gasteiger partial charge in [0.2, 0.25) is 5.91 Å². The number of alkyl halides is 3. The van der Waals surface area contributed by atoms with Crippen molar-refractivity contribution in [3.8, 4) is 0 Å². The predicted molar refractivity (Wildman–Crippen MR) is 152 cm³/mol. The standard InChI is InChI=1S/C30H45F3N4O5/c1-28(2,3)42-27(40)37-19-16-29(17-20-37,30(31,32)33)26(39)36-23(25(38)41-4)13-9-7-5-6-8-12-22-15-14-21-11-10-18-34-24(21)35-22/h14-15,23H,5-13,16-20H2,1-4H3,(H,34,35)(H,36,39). The van der Waals surface area contributed by atoms with Crippen molar-refractivity contribution in [1.82, 2.24) is 15.2 Å². The molecular formula is C30H45F3N4O5. The monoisotopic (exact) mass is 598 g/mol. The largest absolute Gasteiger partial charge is 0.467 e. The van der Waals surface area contributed by atoms with Gasteiger partial charge in [0, 0.05) is 25.3 Å². The van der Waals surface area contributed by atoms with Crippen LogP contribution >= 0.6 is 0 Å². The molecule has 9 nitrogen and oxygen atoms in total. The minimum Gasteiger partial charge on any atom is -0.467 e. The Morgan fingerprint density at radius 3 is 2.38 bits per heavy atom. The Labute approximate surface area is 246 Å². The molecule has 236 valence electrons. The topological polar surface area (TPSA) is 110 Å². The number of esters is 1. The van der Waals surface area contributed by atoms with Crippen LogP contribution in [-0.4, -0.2) is 72.4 Å². The molecule has 42 heavy (non-hydrogen) atoms. The second-order valence-electron chi connectivity index (χ2n) is 12.2. The Balaban J connectivity index is 1.47. The Bertz CT molecular complexity index is 1080. The fraction of sp³-hybridized carbons (Fsp3) is 0.733. The number of ether oxygens (including phenoxy) is 2. The number of carbonyl (C=O) groups is 3. The highest BCUT2D eigenvalue weighted by atomic mass is 19.4. The number of piperidine rings is 1. The molecule has 1 saturated heterocycles. The number of fused-ring (bicyclic) bond motifs is 1. The second kappa shape index (κ2) is 14.4. The lowest BCUT2D eigenvalue weighted by atomic mass is 9.76. The maximum absolute atomic E-state index is 14.3. The van der Waals surface area contributed by atoms with Crippen LogP contribution in [-0.2, 0) is 31.9 Å². The fourth-order valence-electron chi connectivity index (χ4n) is 5.42. The predicted octanol–water partition coefficient (Wildman–Crippen LogP) is 5.56. The van der Waals surface area contributed by atoms with Crippen molar-refractivity contribution in [2.75, 3.05) is 32.1 Å². The van der Waals surface area contributed by atoms with Gasteiger partial charge in [-0.1, -0.05) is 31.7 Å². The molecule has 12 heteroatoms. The lowest BCUT2D eigenvalue weighted by Gasteiger charge is -2.42. The number of nitrogens with one attached hydrogen (secondary N) is 2. The number of aryl methyl sites for hydroxylation is 2. The van der Waals surface area contributed by atoms with Crippen LogP contribution in [0.4, 0.5) is 23.8 Å². The molecule has 0 bridgehead atoms. The van der Waals surface area contributed by atoms with Crippen molar-refractivity contribution in [3.05, 3.63) is 23.4 Å². The van der Waals surface area contributed by atoms with Crippen molar-refractivity contribution in [2.45, 2.75) is 109 Å². The Hall–Kier alpha value is -3.05. The van der Waals surface area contributed by atoms with Gasteiger partial charge in [-0.05, 0) is 77.3 Å². The van der Waals surface area contributed by atoms with E-state index < -0.39 is 54.0 Å². The van der Waals surface area contributed by atoms with E-state index in [0.29, 0.717) is 6.42 Å². The lowest BCUT2D eigenvalue weighted by Crippen LogP contribution is -2.59. The highest BCUT2D eigenvalue weighted by Crippen LogP contribution is 2.47. The molecule has 2 aliphatic rings. The minimum absolute atomic E-state index is 0.175.